The van der Waals surface area contributed by atoms with Gasteiger partial charge in [-0.25, -0.2) is 22.8 Å². The third kappa shape index (κ3) is 5.50. The van der Waals surface area contributed by atoms with Crippen LogP contribution in [0.15, 0.2) is 95.1 Å². The lowest BCUT2D eigenvalue weighted by Gasteiger charge is -2.31. The Hall–Kier alpha value is -3.76. The lowest BCUT2D eigenvalue weighted by molar-refractivity contribution is -0.118. The van der Waals surface area contributed by atoms with Crippen molar-refractivity contribution < 1.29 is 17.6 Å². The van der Waals surface area contributed by atoms with Crippen LogP contribution < -0.4 is 9.62 Å². The number of fused-ring (bicyclic) bond motifs is 3. The van der Waals surface area contributed by atoms with Gasteiger partial charge in [0.2, 0.25) is 5.91 Å². The summed E-state index contributed by atoms with van der Waals surface area (Å²) in [5, 5.41) is 3.19. The Bertz CT molecular complexity index is 1550. The fourth-order valence-corrected chi connectivity index (χ4v) is 6.29. The second-order valence-corrected chi connectivity index (χ2v) is 11.2. The number of para-hydroxylation sites is 1. The Morgan fingerprint density at radius 3 is 2.54 bits per heavy atom. The van der Waals surface area contributed by atoms with E-state index in [1.165, 1.54) is 22.6 Å². The van der Waals surface area contributed by atoms with Crippen molar-refractivity contribution in [3.05, 3.63) is 102 Å². The summed E-state index contributed by atoms with van der Waals surface area (Å²) >= 11 is 1.14. The van der Waals surface area contributed by atoms with E-state index in [2.05, 4.69) is 15.3 Å². The summed E-state index contributed by atoms with van der Waals surface area (Å²) < 4.78 is 42.1. The molecule has 0 radical (unpaired) electrons. The van der Waals surface area contributed by atoms with Crippen molar-refractivity contribution in [3.8, 4) is 11.3 Å². The summed E-state index contributed by atoms with van der Waals surface area (Å²) in [6.45, 7) is 0.484. The summed E-state index contributed by atoms with van der Waals surface area (Å²) in [5.41, 5.74) is 3.02. The number of thioether (sulfide) groups is 1. The smallest absolute Gasteiger partial charge is 0.268 e. The number of amides is 1. The molecular formula is C27H23FN4O3S2. The zero-order chi connectivity index (χ0) is 25.8. The molecule has 0 spiro atoms. The van der Waals surface area contributed by atoms with Gasteiger partial charge < -0.3 is 5.32 Å². The van der Waals surface area contributed by atoms with Crippen LogP contribution in [0.2, 0.25) is 0 Å². The predicted molar refractivity (Wildman–Crippen MR) is 141 cm³/mol. The highest BCUT2D eigenvalue weighted by atomic mass is 32.2. The van der Waals surface area contributed by atoms with E-state index >= 15 is 0 Å². The molecule has 37 heavy (non-hydrogen) atoms. The third-order valence-electron chi connectivity index (χ3n) is 5.86. The number of sulfonamides is 1. The molecule has 0 bridgehead atoms. The van der Waals surface area contributed by atoms with Crippen LogP contribution in [0.4, 0.5) is 10.1 Å². The molecule has 7 nitrogen and oxygen atoms in total. The normalized spacial score (nSPS) is 13.5. The number of hydrogen-bond donors (Lipinski definition) is 1. The maximum Gasteiger partial charge on any atom is 0.268 e. The molecule has 0 saturated carbocycles. The van der Waals surface area contributed by atoms with E-state index in [1.54, 1.807) is 36.4 Å². The van der Waals surface area contributed by atoms with Gasteiger partial charge in [0.05, 0.1) is 29.9 Å². The fraction of sp³-hybridized carbons (Fsp3) is 0.148. The Balaban J connectivity index is 1.33. The first-order valence-electron chi connectivity index (χ1n) is 11.6. The summed E-state index contributed by atoms with van der Waals surface area (Å²) in [6.07, 6.45) is 2.01. The number of nitrogens with zero attached hydrogens (tertiary/aromatic N) is 3. The maximum atomic E-state index is 13.8. The lowest BCUT2D eigenvalue weighted by atomic mass is 10.1. The van der Waals surface area contributed by atoms with E-state index in [4.69, 9.17) is 0 Å². The van der Waals surface area contributed by atoms with Crippen LogP contribution in [-0.4, -0.2) is 36.6 Å². The van der Waals surface area contributed by atoms with Gasteiger partial charge in [-0.3, -0.25) is 9.10 Å². The molecule has 0 saturated heterocycles. The van der Waals surface area contributed by atoms with Crippen LogP contribution in [0.1, 0.15) is 11.1 Å². The van der Waals surface area contributed by atoms with Crippen LogP contribution in [0.3, 0.4) is 0 Å². The Labute approximate surface area is 218 Å². The topological polar surface area (TPSA) is 92.3 Å². The fourth-order valence-electron chi connectivity index (χ4n) is 4.09. The molecule has 1 aliphatic rings. The Morgan fingerprint density at radius 1 is 0.973 bits per heavy atom. The standard InChI is InChI=1S/C27H23FN4O3S2/c28-21-10-6-9-20(15-21)17-32-23-12-5-4-11-22(23)26-24(37(32,34)35)16-30-27(31-26)36-18-25(33)29-14-13-19-7-2-1-3-8-19/h1-12,15-16H,13-14,17-18H2,(H,29,33). The van der Waals surface area contributed by atoms with Gasteiger partial charge in [0.15, 0.2) is 5.16 Å². The van der Waals surface area contributed by atoms with Gasteiger partial charge in [-0.05, 0) is 35.7 Å². The van der Waals surface area contributed by atoms with E-state index in [0.717, 1.165) is 23.7 Å². The number of aromatic nitrogens is 2. The molecule has 4 aromatic rings. The average molecular weight is 535 g/mol. The molecule has 1 amide bonds. The molecule has 10 heteroatoms. The maximum absolute atomic E-state index is 13.8. The van der Waals surface area contributed by atoms with Crippen molar-refractivity contribution in [1.82, 2.24) is 15.3 Å². The van der Waals surface area contributed by atoms with Gasteiger partial charge in [-0.2, -0.15) is 0 Å². The summed E-state index contributed by atoms with van der Waals surface area (Å²) in [5.74, 6) is -0.487. The van der Waals surface area contributed by atoms with Crippen LogP contribution in [0.25, 0.3) is 11.3 Å². The van der Waals surface area contributed by atoms with Crippen LogP contribution in [-0.2, 0) is 27.8 Å². The van der Waals surface area contributed by atoms with Crippen molar-refractivity contribution in [2.45, 2.75) is 23.0 Å². The van der Waals surface area contributed by atoms with Gasteiger partial charge in [0.25, 0.3) is 10.0 Å². The molecule has 5 rings (SSSR count). The van der Waals surface area contributed by atoms with Crippen LogP contribution >= 0.6 is 11.8 Å². The minimum atomic E-state index is -4.00. The summed E-state index contributed by atoms with van der Waals surface area (Å²) in [7, 11) is -4.00. The second kappa shape index (κ2) is 10.7. The van der Waals surface area contributed by atoms with Crippen molar-refractivity contribution >= 4 is 33.4 Å². The van der Waals surface area contributed by atoms with Gasteiger partial charge in [-0.15, -0.1) is 0 Å². The van der Waals surface area contributed by atoms with Gasteiger partial charge >= 0.3 is 0 Å². The van der Waals surface area contributed by atoms with E-state index in [0.29, 0.717) is 28.5 Å². The monoisotopic (exact) mass is 534 g/mol. The summed E-state index contributed by atoms with van der Waals surface area (Å²) in [6, 6.07) is 22.8. The zero-order valence-corrected chi connectivity index (χ0v) is 21.3. The Kier molecular flexibility index (Phi) is 7.20. The number of nitrogens with one attached hydrogen (secondary N) is 1. The molecule has 0 atom stereocenters. The first kappa shape index (κ1) is 24.9. The number of hydrogen-bond acceptors (Lipinski definition) is 6. The van der Waals surface area contributed by atoms with E-state index in [9.17, 15) is 17.6 Å². The van der Waals surface area contributed by atoms with Gasteiger partial charge in [0, 0.05) is 12.1 Å². The quantitative estimate of drug-likeness (QED) is 0.265. The number of rotatable bonds is 8. The largest absolute Gasteiger partial charge is 0.355 e. The molecule has 0 aliphatic carbocycles. The average Bonchev–Trinajstić information content (AvgIpc) is 2.90. The van der Waals surface area contributed by atoms with Crippen molar-refractivity contribution in [1.29, 1.82) is 0 Å². The number of anilines is 1. The highest BCUT2D eigenvalue weighted by Gasteiger charge is 2.36. The molecule has 0 fully saturated rings. The molecule has 1 aromatic heterocycles. The van der Waals surface area contributed by atoms with Crippen LogP contribution in [0.5, 0.6) is 0 Å². The number of carbonyl (C=O) groups excluding carboxylic acids is 1. The van der Waals surface area contributed by atoms with Crippen molar-refractivity contribution in [2.24, 2.45) is 0 Å². The molecule has 3 aromatic carbocycles. The highest BCUT2D eigenvalue weighted by molar-refractivity contribution is 7.99. The van der Waals surface area contributed by atoms with E-state index in [-0.39, 0.29) is 28.8 Å². The van der Waals surface area contributed by atoms with Crippen molar-refractivity contribution in [2.75, 3.05) is 16.6 Å². The van der Waals surface area contributed by atoms with Gasteiger partial charge in [-0.1, -0.05) is 72.4 Å². The van der Waals surface area contributed by atoms with Gasteiger partial charge in [0.1, 0.15) is 10.7 Å². The zero-order valence-electron chi connectivity index (χ0n) is 19.7. The lowest BCUT2D eigenvalue weighted by Crippen LogP contribution is -2.34. The molecule has 0 unspecified atom stereocenters. The summed E-state index contributed by atoms with van der Waals surface area (Å²) in [4.78, 5) is 21.0. The second-order valence-electron chi connectivity index (χ2n) is 8.40. The molecule has 2 heterocycles. The van der Waals surface area contributed by atoms with Crippen LogP contribution in [0, 0.1) is 5.82 Å². The molecular weight excluding hydrogens is 511 g/mol. The van der Waals surface area contributed by atoms with E-state index in [1.807, 2.05) is 30.3 Å². The number of carbonyl (C=O) groups is 1. The number of halogens is 1. The minimum absolute atomic E-state index is 0.0285. The Morgan fingerprint density at radius 2 is 1.73 bits per heavy atom. The van der Waals surface area contributed by atoms with Crippen molar-refractivity contribution in [3.63, 3.8) is 0 Å². The third-order valence-corrected chi connectivity index (χ3v) is 8.48. The predicted octanol–water partition coefficient (Wildman–Crippen LogP) is 4.44. The molecule has 188 valence electrons. The molecule has 1 aliphatic heterocycles. The highest BCUT2D eigenvalue weighted by Crippen LogP contribution is 2.42. The SMILES string of the molecule is O=C(CSc1ncc2c(n1)-c1ccccc1N(Cc1cccc(F)c1)S2(=O)=O)NCCc1ccccc1. The number of benzene rings is 3. The first-order valence-corrected chi connectivity index (χ1v) is 14.0. The minimum Gasteiger partial charge on any atom is -0.355 e. The first-order chi connectivity index (χ1) is 17.9. The van der Waals surface area contributed by atoms with E-state index < -0.39 is 15.8 Å². The molecule has 1 N–H and O–H groups in total.